The normalized spacial score (nSPS) is 11.0. The summed E-state index contributed by atoms with van der Waals surface area (Å²) in [7, 11) is 0. The summed E-state index contributed by atoms with van der Waals surface area (Å²) in [5.74, 6) is -2.67. The molecule has 1 aromatic carbocycles. The SMILES string of the molecule is O=C(Cn1c(=O)c2sccc2n(CC(=O)Nc2ccc(F)cc2F)c1=O)NCc1ccco1. The number of halogens is 2. The molecule has 4 aromatic rings. The van der Waals surface area contributed by atoms with Gasteiger partial charge < -0.3 is 15.1 Å². The third-order valence-electron chi connectivity index (χ3n) is 4.68. The molecule has 0 unspecified atom stereocenters. The summed E-state index contributed by atoms with van der Waals surface area (Å²) in [6.07, 6.45) is 1.44. The minimum Gasteiger partial charge on any atom is -0.467 e. The second kappa shape index (κ2) is 9.20. The van der Waals surface area contributed by atoms with Crippen molar-refractivity contribution in [3.8, 4) is 0 Å². The van der Waals surface area contributed by atoms with Crippen LogP contribution in [0.4, 0.5) is 14.5 Å². The highest BCUT2D eigenvalue weighted by atomic mass is 32.1. The first-order valence-electron chi connectivity index (χ1n) is 9.58. The van der Waals surface area contributed by atoms with Crippen LogP contribution in [-0.2, 0) is 29.2 Å². The summed E-state index contributed by atoms with van der Waals surface area (Å²) < 4.78 is 34.0. The van der Waals surface area contributed by atoms with Crippen molar-refractivity contribution in [3.63, 3.8) is 0 Å². The van der Waals surface area contributed by atoms with Crippen molar-refractivity contribution in [2.75, 3.05) is 5.32 Å². The number of carbonyl (C=O) groups excluding carboxylic acids is 2. The topological polar surface area (TPSA) is 115 Å². The van der Waals surface area contributed by atoms with Gasteiger partial charge in [0.1, 0.15) is 35.2 Å². The third kappa shape index (κ3) is 4.75. The molecule has 0 saturated heterocycles. The average molecular weight is 474 g/mol. The summed E-state index contributed by atoms with van der Waals surface area (Å²) in [6, 6.07) is 7.44. The molecular formula is C21H16F2N4O5S. The van der Waals surface area contributed by atoms with E-state index in [0.29, 0.717) is 11.8 Å². The van der Waals surface area contributed by atoms with Gasteiger partial charge >= 0.3 is 5.69 Å². The number of rotatable bonds is 7. The van der Waals surface area contributed by atoms with Gasteiger partial charge in [0.05, 0.1) is 24.0 Å². The fourth-order valence-electron chi connectivity index (χ4n) is 3.15. The van der Waals surface area contributed by atoms with Crippen LogP contribution in [0.1, 0.15) is 5.76 Å². The molecule has 0 atom stereocenters. The zero-order valence-electron chi connectivity index (χ0n) is 16.8. The van der Waals surface area contributed by atoms with E-state index < -0.39 is 47.8 Å². The summed E-state index contributed by atoms with van der Waals surface area (Å²) in [5, 5.41) is 6.38. The zero-order valence-corrected chi connectivity index (χ0v) is 17.7. The van der Waals surface area contributed by atoms with E-state index in [9.17, 15) is 28.0 Å². The summed E-state index contributed by atoms with van der Waals surface area (Å²) in [4.78, 5) is 50.6. The molecule has 2 amide bonds. The quantitative estimate of drug-likeness (QED) is 0.426. The van der Waals surface area contributed by atoms with E-state index in [1.807, 2.05) is 0 Å². The lowest BCUT2D eigenvalue weighted by Crippen LogP contribution is -2.44. The zero-order chi connectivity index (χ0) is 23.5. The molecule has 12 heteroatoms. The minimum atomic E-state index is -0.977. The van der Waals surface area contributed by atoms with Crippen LogP contribution in [0, 0.1) is 11.6 Å². The van der Waals surface area contributed by atoms with Crippen molar-refractivity contribution >= 4 is 39.1 Å². The van der Waals surface area contributed by atoms with E-state index in [2.05, 4.69) is 10.6 Å². The molecule has 3 aromatic heterocycles. The predicted octanol–water partition coefficient (Wildman–Crippen LogP) is 2.05. The van der Waals surface area contributed by atoms with Crippen LogP contribution in [0.5, 0.6) is 0 Å². The first kappa shape index (κ1) is 22.1. The van der Waals surface area contributed by atoms with Crippen LogP contribution in [0.25, 0.3) is 10.2 Å². The Labute approximate surface area is 187 Å². The van der Waals surface area contributed by atoms with Crippen molar-refractivity contribution in [2.45, 2.75) is 19.6 Å². The molecule has 2 N–H and O–H groups in total. The Balaban J connectivity index is 1.59. The number of amides is 2. The number of thiophene rings is 1. The Morgan fingerprint density at radius 1 is 1.03 bits per heavy atom. The van der Waals surface area contributed by atoms with Gasteiger partial charge in [0.25, 0.3) is 5.56 Å². The number of anilines is 1. The van der Waals surface area contributed by atoms with Crippen molar-refractivity contribution in [3.05, 3.63) is 86.3 Å². The van der Waals surface area contributed by atoms with Crippen LogP contribution in [0.3, 0.4) is 0 Å². The van der Waals surface area contributed by atoms with Gasteiger partial charge in [0.2, 0.25) is 11.8 Å². The highest BCUT2D eigenvalue weighted by Crippen LogP contribution is 2.17. The van der Waals surface area contributed by atoms with Gasteiger partial charge in [-0.25, -0.2) is 18.1 Å². The summed E-state index contributed by atoms with van der Waals surface area (Å²) in [5.41, 5.74) is -1.60. The minimum absolute atomic E-state index is 0.0711. The monoisotopic (exact) mass is 474 g/mol. The van der Waals surface area contributed by atoms with Crippen molar-refractivity contribution < 1.29 is 22.8 Å². The number of nitrogens with one attached hydrogen (secondary N) is 2. The van der Waals surface area contributed by atoms with Crippen LogP contribution in [0.15, 0.2) is 62.0 Å². The molecule has 3 heterocycles. The Bertz CT molecular complexity index is 1460. The molecule has 4 rings (SSSR count). The molecule has 9 nitrogen and oxygen atoms in total. The van der Waals surface area contributed by atoms with Gasteiger partial charge in [-0.2, -0.15) is 0 Å². The van der Waals surface area contributed by atoms with Gasteiger partial charge in [0.15, 0.2) is 0 Å². The van der Waals surface area contributed by atoms with Crippen LogP contribution < -0.4 is 21.9 Å². The molecule has 0 saturated carbocycles. The van der Waals surface area contributed by atoms with Crippen LogP contribution in [-0.4, -0.2) is 20.9 Å². The first-order chi connectivity index (χ1) is 15.8. The molecule has 0 aliphatic carbocycles. The number of hydrogen-bond donors (Lipinski definition) is 2. The standard InChI is InChI=1S/C21H16F2N4O5S/c22-12-3-4-15(14(23)8-12)25-18(29)11-26-16-5-7-33-19(16)20(30)27(21(26)31)10-17(28)24-9-13-2-1-6-32-13/h1-8H,9-11H2,(H,24,28)(H,25,29). The van der Waals surface area contributed by atoms with E-state index in [4.69, 9.17) is 4.42 Å². The number of furan rings is 1. The summed E-state index contributed by atoms with van der Waals surface area (Å²) >= 11 is 1.05. The smallest absolute Gasteiger partial charge is 0.332 e. The van der Waals surface area contributed by atoms with Crippen molar-refractivity contribution in [1.82, 2.24) is 14.5 Å². The van der Waals surface area contributed by atoms with E-state index in [1.54, 1.807) is 17.5 Å². The third-order valence-corrected chi connectivity index (χ3v) is 5.58. The van der Waals surface area contributed by atoms with Gasteiger partial charge in [-0.15, -0.1) is 11.3 Å². The van der Waals surface area contributed by atoms with E-state index in [-0.39, 0.29) is 22.4 Å². The molecule has 0 bridgehead atoms. The average Bonchev–Trinajstić information content (AvgIpc) is 3.47. The Kier molecular flexibility index (Phi) is 6.18. The fraction of sp³-hybridized carbons (Fsp3) is 0.143. The maximum absolute atomic E-state index is 13.8. The van der Waals surface area contributed by atoms with Gasteiger partial charge in [-0.1, -0.05) is 0 Å². The number of nitrogens with zero attached hydrogens (tertiary/aromatic N) is 2. The van der Waals surface area contributed by atoms with Crippen molar-refractivity contribution in [2.24, 2.45) is 0 Å². The van der Waals surface area contributed by atoms with Crippen LogP contribution >= 0.6 is 11.3 Å². The first-order valence-corrected chi connectivity index (χ1v) is 10.5. The van der Waals surface area contributed by atoms with Crippen LogP contribution in [0.2, 0.25) is 0 Å². The number of benzene rings is 1. The lowest BCUT2D eigenvalue weighted by molar-refractivity contribution is -0.122. The second-order valence-electron chi connectivity index (χ2n) is 6.92. The Morgan fingerprint density at radius 3 is 2.55 bits per heavy atom. The van der Waals surface area contributed by atoms with Crippen molar-refractivity contribution in [1.29, 1.82) is 0 Å². The largest absolute Gasteiger partial charge is 0.467 e. The van der Waals surface area contributed by atoms with E-state index >= 15 is 0 Å². The maximum atomic E-state index is 13.8. The lowest BCUT2D eigenvalue weighted by atomic mass is 10.3. The molecule has 33 heavy (non-hydrogen) atoms. The highest BCUT2D eigenvalue weighted by molar-refractivity contribution is 7.17. The summed E-state index contributed by atoms with van der Waals surface area (Å²) in [6.45, 7) is -1.06. The lowest BCUT2D eigenvalue weighted by Gasteiger charge is -2.12. The Morgan fingerprint density at radius 2 is 1.82 bits per heavy atom. The number of carbonyl (C=O) groups is 2. The van der Waals surface area contributed by atoms with E-state index in [0.717, 1.165) is 32.6 Å². The highest BCUT2D eigenvalue weighted by Gasteiger charge is 2.19. The Hall–Kier alpha value is -4.06. The molecular weight excluding hydrogens is 458 g/mol. The number of hydrogen-bond acceptors (Lipinski definition) is 6. The van der Waals surface area contributed by atoms with Gasteiger partial charge in [-0.05, 0) is 35.7 Å². The fourth-order valence-corrected chi connectivity index (χ4v) is 3.99. The molecule has 0 fully saturated rings. The number of fused-ring (bicyclic) bond motifs is 1. The molecule has 0 aliphatic heterocycles. The molecule has 0 radical (unpaired) electrons. The second-order valence-corrected chi connectivity index (χ2v) is 7.84. The van der Waals surface area contributed by atoms with E-state index in [1.165, 1.54) is 12.3 Å². The molecule has 170 valence electrons. The molecule has 0 aliphatic rings. The molecule has 0 spiro atoms. The van der Waals surface area contributed by atoms with Gasteiger partial charge in [-0.3, -0.25) is 19.0 Å². The number of aromatic nitrogens is 2. The van der Waals surface area contributed by atoms with Gasteiger partial charge in [0, 0.05) is 6.07 Å². The predicted molar refractivity (Wildman–Crippen MR) is 116 cm³/mol. The maximum Gasteiger partial charge on any atom is 0.332 e.